The first kappa shape index (κ1) is 15.0. The number of carbonyl (C=O) groups excluding carboxylic acids is 1. The van der Waals surface area contributed by atoms with Crippen molar-refractivity contribution < 1.29 is 19.6 Å². The second kappa shape index (κ2) is 6.34. The standard InChI is InChI=1S/C14H16N2O5/c17-13(15-7-3-1-2-4-8-15)11-6-5-10(16(20)21)9-12(11)14(18)19/h5-6,9H,1-4,7-8H2,(H,18,19). The second-order valence-corrected chi connectivity index (χ2v) is 5.00. The number of amides is 1. The number of rotatable bonds is 3. The fourth-order valence-corrected chi connectivity index (χ4v) is 2.45. The molecule has 0 saturated carbocycles. The summed E-state index contributed by atoms with van der Waals surface area (Å²) in [6.07, 6.45) is 3.88. The van der Waals surface area contributed by atoms with Gasteiger partial charge in [0, 0.05) is 25.2 Å². The normalized spacial score (nSPS) is 15.3. The number of likely N-dealkylation sites (tertiary alicyclic amines) is 1. The third-order valence-corrected chi connectivity index (χ3v) is 3.57. The van der Waals surface area contributed by atoms with Gasteiger partial charge < -0.3 is 10.0 Å². The number of nitrogens with zero attached hydrogens (tertiary/aromatic N) is 2. The quantitative estimate of drug-likeness (QED) is 0.680. The van der Waals surface area contributed by atoms with E-state index in [0.29, 0.717) is 13.1 Å². The average molecular weight is 292 g/mol. The third-order valence-electron chi connectivity index (χ3n) is 3.57. The number of carbonyl (C=O) groups is 2. The largest absolute Gasteiger partial charge is 0.478 e. The van der Waals surface area contributed by atoms with Gasteiger partial charge in [0.15, 0.2) is 0 Å². The van der Waals surface area contributed by atoms with Gasteiger partial charge >= 0.3 is 5.97 Å². The molecule has 2 rings (SSSR count). The Balaban J connectivity index is 2.35. The number of carboxylic acids is 1. The molecule has 1 aliphatic rings. The van der Waals surface area contributed by atoms with Gasteiger partial charge in [-0.25, -0.2) is 4.79 Å². The first-order valence-corrected chi connectivity index (χ1v) is 6.81. The fourth-order valence-electron chi connectivity index (χ4n) is 2.45. The summed E-state index contributed by atoms with van der Waals surface area (Å²) in [6.45, 7) is 1.18. The van der Waals surface area contributed by atoms with Crippen LogP contribution in [0, 0.1) is 10.1 Å². The van der Waals surface area contributed by atoms with Gasteiger partial charge in [0.25, 0.3) is 11.6 Å². The van der Waals surface area contributed by atoms with Crippen LogP contribution in [0.4, 0.5) is 5.69 Å². The molecule has 0 unspecified atom stereocenters. The van der Waals surface area contributed by atoms with Crippen molar-refractivity contribution in [3.63, 3.8) is 0 Å². The predicted octanol–water partition coefficient (Wildman–Crippen LogP) is 2.31. The van der Waals surface area contributed by atoms with Gasteiger partial charge in [-0.3, -0.25) is 14.9 Å². The van der Waals surface area contributed by atoms with E-state index in [1.807, 2.05) is 0 Å². The van der Waals surface area contributed by atoms with Crippen LogP contribution in [0.25, 0.3) is 0 Å². The Morgan fingerprint density at radius 3 is 2.24 bits per heavy atom. The molecule has 1 N–H and O–H groups in total. The summed E-state index contributed by atoms with van der Waals surface area (Å²) in [5.74, 6) is -1.71. The minimum atomic E-state index is -1.34. The van der Waals surface area contributed by atoms with Crippen LogP contribution in [0.5, 0.6) is 0 Å². The Labute approximate surface area is 121 Å². The summed E-state index contributed by atoms with van der Waals surface area (Å²) in [5.41, 5.74) is -0.645. The molecule has 1 aromatic rings. The molecule has 1 heterocycles. The maximum atomic E-state index is 12.5. The van der Waals surface area contributed by atoms with Gasteiger partial charge in [-0.05, 0) is 18.9 Å². The summed E-state index contributed by atoms with van der Waals surface area (Å²) < 4.78 is 0. The zero-order valence-corrected chi connectivity index (χ0v) is 11.4. The van der Waals surface area contributed by atoms with Crippen molar-refractivity contribution in [3.8, 4) is 0 Å². The molecule has 112 valence electrons. The van der Waals surface area contributed by atoms with E-state index < -0.39 is 10.9 Å². The van der Waals surface area contributed by atoms with Crippen molar-refractivity contribution in [2.75, 3.05) is 13.1 Å². The molecular weight excluding hydrogens is 276 g/mol. The lowest BCUT2D eigenvalue weighted by Crippen LogP contribution is -2.33. The van der Waals surface area contributed by atoms with E-state index in [1.165, 1.54) is 6.07 Å². The molecule has 0 radical (unpaired) electrons. The van der Waals surface area contributed by atoms with Gasteiger partial charge in [-0.15, -0.1) is 0 Å². The molecule has 7 nitrogen and oxygen atoms in total. The Bertz CT molecular complexity index is 577. The van der Waals surface area contributed by atoms with E-state index in [9.17, 15) is 24.8 Å². The molecule has 0 spiro atoms. The molecule has 1 aliphatic heterocycles. The van der Waals surface area contributed by atoms with Crippen LogP contribution in [0.1, 0.15) is 46.4 Å². The first-order valence-electron chi connectivity index (χ1n) is 6.81. The van der Waals surface area contributed by atoms with Crippen molar-refractivity contribution in [2.45, 2.75) is 25.7 Å². The summed E-state index contributed by atoms with van der Waals surface area (Å²) in [5, 5.41) is 19.9. The van der Waals surface area contributed by atoms with E-state index in [1.54, 1.807) is 4.90 Å². The van der Waals surface area contributed by atoms with Crippen LogP contribution in [0.15, 0.2) is 18.2 Å². The Hall–Kier alpha value is -2.44. The zero-order valence-electron chi connectivity index (χ0n) is 11.4. The highest BCUT2D eigenvalue weighted by Crippen LogP contribution is 2.21. The number of hydrogen-bond acceptors (Lipinski definition) is 4. The van der Waals surface area contributed by atoms with Crippen LogP contribution < -0.4 is 0 Å². The van der Waals surface area contributed by atoms with E-state index in [0.717, 1.165) is 37.8 Å². The number of hydrogen-bond donors (Lipinski definition) is 1. The van der Waals surface area contributed by atoms with Gasteiger partial charge in [-0.1, -0.05) is 12.8 Å². The van der Waals surface area contributed by atoms with Crippen LogP contribution in [-0.2, 0) is 0 Å². The topological polar surface area (TPSA) is 101 Å². The lowest BCUT2D eigenvalue weighted by molar-refractivity contribution is -0.384. The SMILES string of the molecule is O=C(O)c1cc([N+](=O)[O-])ccc1C(=O)N1CCCCCC1. The Kier molecular flexibility index (Phi) is 4.52. The van der Waals surface area contributed by atoms with Crippen LogP contribution >= 0.6 is 0 Å². The van der Waals surface area contributed by atoms with Crippen LogP contribution in [0.3, 0.4) is 0 Å². The highest BCUT2D eigenvalue weighted by molar-refractivity contribution is 6.05. The second-order valence-electron chi connectivity index (χ2n) is 5.00. The molecule has 1 amide bonds. The highest BCUT2D eigenvalue weighted by atomic mass is 16.6. The van der Waals surface area contributed by atoms with Gasteiger partial charge in [0.1, 0.15) is 0 Å². The highest BCUT2D eigenvalue weighted by Gasteiger charge is 2.24. The molecule has 0 bridgehead atoms. The van der Waals surface area contributed by atoms with Gasteiger partial charge in [0.05, 0.1) is 16.1 Å². The van der Waals surface area contributed by atoms with Crippen molar-refractivity contribution in [1.82, 2.24) is 4.90 Å². The molecule has 0 aromatic heterocycles. The summed E-state index contributed by atoms with van der Waals surface area (Å²) in [6, 6.07) is 3.33. The molecule has 1 fully saturated rings. The summed E-state index contributed by atoms with van der Waals surface area (Å²) in [7, 11) is 0. The van der Waals surface area contributed by atoms with E-state index in [2.05, 4.69) is 0 Å². The molecule has 0 aliphatic carbocycles. The molecule has 0 atom stereocenters. The molecule has 7 heteroatoms. The van der Waals surface area contributed by atoms with Crippen molar-refractivity contribution >= 4 is 17.6 Å². The Morgan fingerprint density at radius 1 is 1.10 bits per heavy atom. The summed E-state index contributed by atoms with van der Waals surface area (Å²) in [4.78, 5) is 35.4. The minimum Gasteiger partial charge on any atom is -0.478 e. The summed E-state index contributed by atoms with van der Waals surface area (Å²) >= 11 is 0. The van der Waals surface area contributed by atoms with Crippen molar-refractivity contribution in [2.24, 2.45) is 0 Å². The Morgan fingerprint density at radius 2 is 1.71 bits per heavy atom. The molecular formula is C14H16N2O5. The van der Waals surface area contributed by atoms with Gasteiger partial charge in [-0.2, -0.15) is 0 Å². The van der Waals surface area contributed by atoms with Crippen LogP contribution in [0.2, 0.25) is 0 Å². The van der Waals surface area contributed by atoms with Crippen LogP contribution in [-0.4, -0.2) is 39.9 Å². The lowest BCUT2D eigenvalue weighted by atomic mass is 10.0. The maximum Gasteiger partial charge on any atom is 0.336 e. The number of nitro groups is 1. The fraction of sp³-hybridized carbons (Fsp3) is 0.429. The minimum absolute atomic E-state index is 0.00926. The van der Waals surface area contributed by atoms with Gasteiger partial charge in [0.2, 0.25) is 0 Å². The number of benzene rings is 1. The van der Waals surface area contributed by atoms with Crippen molar-refractivity contribution in [3.05, 3.63) is 39.4 Å². The van der Waals surface area contributed by atoms with E-state index >= 15 is 0 Å². The number of nitro benzene ring substituents is 1. The maximum absolute atomic E-state index is 12.5. The number of aromatic carboxylic acids is 1. The number of non-ortho nitro benzene ring substituents is 1. The average Bonchev–Trinajstić information content (AvgIpc) is 2.74. The lowest BCUT2D eigenvalue weighted by Gasteiger charge is -2.21. The molecule has 1 aromatic carbocycles. The van der Waals surface area contributed by atoms with E-state index in [4.69, 9.17) is 0 Å². The predicted molar refractivity (Wildman–Crippen MR) is 74.4 cm³/mol. The smallest absolute Gasteiger partial charge is 0.336 e. The van der Waals surface area contributed by atoms with E-state index in [-0.39, 0.29) is 22.7 Å². The molecule has 21 heavy (non-hydrogen) atoms. The van der Waals surface area contributed by atoms with Crippen molar-refractivity contribution in [1.29, 1.82) is 0 Å². The first-order chi connectivity index (χ1) is 10.0. The zero-order chi connectivity index (χ0) is 15.4. The third kappa shape index (κ3) is 3.36. The monoisotopic (exact) mass is 292 g/mol. The number of carboxylic acid groups (broad SMARTS) is 1. The molecule has 1 saturated heterocycles.